The maximum Gasteiger partial charge on any atom is 0.297 e. The molecule has 0 atom stereocenters. The smallest absolute Gasteiger partial charge is 0.297 e. The fraction of sp³-hybridized carbons (Fsp3) is 0.471. The molecule has 1 aromatic carbocycles. The van der Waals surface area contributed by atoms with E-state index < -0.39 is 0 Å². The second-order valence-electron chi connectivity index (χ2n) is 6.22. The first-order chi connectivity index (χ1) is 9.98. The molecule has 0 saturated carbocycles. The van der Waals surface area contributed by atoms with Crippen LogP contribution in [0.25, 0.3) is 0 Å². The molecule has 1 N–H and O–H groups in total. The summed E-state index contributed by atoms with van der Waals surface area (Å²) in [6.07, 6.45) is 1.74. The van der Waals surface area contributed by atoms with Gasteiger partial charge in [-0.05, 0) is 33.3 Å². The van der Waals surface area contributed by atoms with Gasteiger partial charge in [0.15, 0.2) is 0 Å². The normalized spacial score (nSPS) is 11.6. The van der Waals surface area contributed by atoms with Crippen LogP contribution >= 0.6 is 0 Å². The van der Waals surface area contributed by atoms with Gasteiger partial charge >= 0.3 is 0 Å². The van der Waals surface area contributed by atoms with E-state index in [1.165, 1.54) is 5.56 Å². The van der Waals surface area contributed by atoms with Gasteiger partial charge in [0, 0.05) is 25.2 Å². The van der Waals surface area contributed by atoms with Crippen LogP contribution in [-0.4, -0.2) is 17.1 Å². The van der Waals surface area contributed by atoms with Gasteiger partial charge in [-0.1, -0.05) is 30.3 Å². The molecule has 0 saturated heterocycles. The summed E-state index contributed by atoms with van der Waals surface area (Å²) in [5.41, 5.74) is 2.27. The van der Waals surface area contributed by atoms with Crippen LogP contribution < -0.4 is 10.2 Å². The minimum atomic E-state index is 0.0770. The third kappa shape index (κ3) is 4.90. The molecular weight excluding hydrogens is 262 g/mol. The van der Waals surface area contributed by atoms with E-state index in [1.807, 2.05) is 6.07 Å². The van der Waals surface area contributed by atoms with Crippen LogP contribution in [0.4, 0.5) is 6.01 Å². The van der Waals surface area contributed by atoms with Gasteiger partial charge in [-0.2, -0.15) is 4.98 Å². The second kappa shape index (κ2) is 6.76. The topological polar surface area (TPSA) is 41.3 Å². The van der Waals surface area contributed by atoms with Gasteiger partial charge in [-0.3, -0.25) is 0 Å². The van der Waals surface area contributed by atoms with Gasteiger partial charge < -0.3 is 14.6 Å². The number of anilines is 1. The molecule has 1 heterocycles. The molecule has 114 valence electrons. The molecule has 4 nitrogen and oxygen atoms in total. The minimum absolute atomic E-state index is 0.0770. The van der Waals surface area contributed by atoms with E-state index >= 15 is 0 Å². The lowest BCUT2D eigenvalue weighted by Crippen LogP contribution is -2.35. The van der Waals surface area contributed by atoms with Crippen LogP contribution in [0.1, 0.15) is 39.0 Å². The predicted molar refractivity (Wildman–Crippen MR) is 86.3 cm³/mol. The second-order valence-corrected chi connectivity index (χ2v) is 6.22. The van der Waals surface area contributed by atoms with Crippen molar-refractivity contribution in [2.24, 2.45) is 0 Å². The zero-order valence-corrected chi connectivity index (χ0v) is 13.4. The summed E-state index contributed by atoms with van der Waals surface area (Å²) in [4.78, 5) is 6.71. The molecular formula is C17H25N3O. The van der Waals surface area contributed by atoms with Crippen LogP contribution in [0, 0.1) is 0 Å². The van der Waals surface area contributed by atoms with Crippen molar-refractivity contribution in [3.05, 3.63) is 47.9 Å². The number of aromatic nitrogens is 1. The quantitative estimate of drug-likeness (QED) is 0.881. The molecule has 21 heavy (non-hydrogen) atoms. The third-order valence-corrected chi connectivity index (χ3v) is 3.21. The van der Waals surface area contributed by atoms with E-state index in [-0.39, 0.29) is 5.54 Å². The van der Waals surface area contributed by atoms with Gasteiger partial charge in [-0.25, -0.2) is 0 Å². The van der Waals surface area contributed by atoms with Crippen LogP contribution in [0.2, 0.25) is 0 Å². The largest absolute Gasteiger partial charge is 0.432 e. The van der Waals surface area contributed by atoms with Crippen molar-refractivity contribution in [2.75, 3.05) is 11.4 Å². The highest BCUT2D eigenvalue weighted by atomic mass is 16.4. The van der Waals surface area contributed by atoms with E-state index in [1.54, 1.807) is 6.26 Å². The van der Waals surface area contributed by atoms with Gasteiger partial charge in [0.05, 0.1) is 5.69 Å². The van der Waals surface area contributed by atoms with Crippen molar-refractivity contribution >= 4 is 6.01 Å². The highest BCUT2D eigenvalue weighted by Gasteiger charge is 2.14. The Labute approximate surface area is 127 Å². The Kier molecular flexibility index (Phi) is 5.02. The fourth-order valence-corrected chi connectivity index (χ4v) is 2.00. The summed E-state index contributed by atoms with van der Waals surface area (Å²) in [6, 6.07) is 11.1. The molecule has 1 aromatic heterocycles. The lowest BCUT2D eigenvalue weighted by molar-refractivity contribution is 0.421. The summed E-state index contributed by atoms with van der Waals surface area (Å²) in [6.45, 7) is 10.9. The molecule has 0 unspecified atom stereocenters. The number of nitrogens with zero attached hydrogens (tertiary/aromatic N) is 2. The van der Waals surface area contributed by atoms with Gasteiger partial charge in [0.2, 0.25) is 0 Å². The van der Waals surface area contributed by atoms with Crippen molar-refractivity contribution in [3.63, 3.8) is 0 Å². The number of nitrogens with one attached hydrogen (secondary N) is 1. The molecule has 0 fully saturated rings. The summed E-state index contributed by atoms with van der Waals surface area (Å²) in [5.74, 6) is 0. The summed E-state index contributed by atoms with van der Waals surface area (Å²) in [5, 5.41) is 3.42. The van der Waals surface area contributed by atoms with Gasteiger partial charge in [0.25, 0.3) is 6.01 Å². The zero-order chi connectivity index (χ0) is 15.3. The van der Waals surface area contributed by atoms with Crippen molar-refractivity contribution in [3.8, 4) is 0 Å². The first-order valence-electron chi connectivity index (χ1n) is 7.46. The lowest BCUT2D eigenvalue weighted by Gasteiger charge is -2.19. The summed E-state index contributed by atoms with van der Waals surface area (Å²) < 4.78 is 5.63. The number of oxazole rings is 1. The Bertz CT molecular complexity index is 543. The Morgan fingerprint density at radius 2 is 1.90 bits per heavy atom. The number of rotatable bonds is 6. The molecule has 2 rings (SSSR count). The Morgan fingerprint density at radius 3 is 2.52 bits per heavy atom. The Morgan fingerprint density at radius 1 is 1.19 bits per heavy atom. The molecule has 0 aliphatic rings. The number of hydrogen-bond donors (Lipinski definition) is 1. The average molecular weight is 287 g/mol. The van der Waals surface area contributed by atoms with E-state index in [2.05, 4.69) is 67.2 Å². The molecule has 0 radical (unpaired) electrons. The standard InChI is InChI=1S/C17H25N3O/c1-5-20(12-14-9-7-6-8-10-14)16-19-15(13-21-16)11-18-17(2,3)4/h6-10,13,18H,5,11-12H2,1-4H3. The molecule has 2 aromatic rings. The van der Waals surface area contributed by atoms with Crippen molar-refractivity contribution in [1.29, 1.82) is 0 Å². The van der Waals surface area contributed by atoms with E-state index in [4.69, 9.17) is 4.42 Å². The van der Waals surface area contributed by atoms with E-state index in [9.17, 15) is 0 Å². The molecule has 4 heteroatoms. The monoisotopic (exact) mass is 287 g/mol. The minimum Gasteiger partial charge on any atom is -0.432 e. The molecule has 0 bridgehead atoms. The maximum absolute atomic E-state index is 5.63. The predicted octanol–water partition coefficient (Wildman–Crippen LogP) is 3.59. The van der Waals surface area contributed by atoms with Crippen molar-refractivity contribution in [1.82, 2.24) is 10.3 Å². The van der Waals surface area contributed by atoms with Gasteiger partial charge in [0.1, 0.15) is 6.26 Å². The first-order valence-corrected chi connectivity index (χ1v) is 7.46. The number of hydrogen-bond acceptors (Lipinski definition) is 4. The lowest BCUT2D eigenvalue weighted by atomic mass is 10.1. The highest BCUT2D eigenvalue weighted by molar-refractivity contribution is 5.30. The molecule has 0 aliphatic heterocycles. The summed E-state index contributed by atoms with van der Waals surface area (Å²) in [7, 11) is 0. The average Bonchev–Trinajstić information content (AvgIpc) is 2.92. The molecule has 0 amide bonds. The van der Waals surface area contributed by atoms with Crippen LogP contribution in [0.5, 0.6) is 0 Å². The van der Waals surface area contributed by atoms with Crippen molar-refractivity contribution < 1.29 is 4.42 Å². The summed E-state index contributed by atoms with van der Waals surface area (Å²) >= 11 is 0. The molecule has 0 spiro atoms. The Hall–Kier alpha value is -1.81. The SMILES string of the molecule is CCN(Cc1ccccc1)c1nc(CNC(C)(C)C)co1. The van der Waals surface area contributed by atoms with Crippen molar-refractivity contribution in [2.45, 2.75) is 46.3 Å². The molecule has 0 aliphatic carbocycles. The van der Waals surface area contributed by atoms with Gasteiger partial charge in [-0.15, -0.1) is 0 Å². The first kappa shape index (κ1) is 15.6. The fourth-order valence-electron chi connectivity index (χ4n) is 2.00. The third-order valence-electron chi connectivity index (χ3n) is 3.21. The Balaban J connectivity index is 2.01. The van der Waals surface area contributed by atoms with E-state index in [0.717, 1.165) is 25.3 Å². The van der Waals surface area contributed by atoms with Crippen LogP contribution in [-0.2, 0) is 13.1 Å². The zero-order valence-electron chi connectivity index (χ0n) is 13.4. The number of benzene rings is 1. The van der Waals surface area contributed by atoms with Crippen LogP contribution in [0.15, 0.2) is 41.0 Å². The maximum atomic E-state index is 5.63. The van der Waals surface area contributed by atoms with Crippen LogP contribution in [0.3, 0.4) is 0 Å². The highest BCUT2D eigenvalue weighted by Crippen LogP contribution is 2.17. The van der Waals surface area contributed by atoms with E-state index in [0.29, 0.717) is 6.01 Å².